The summed E-state index contributed by atoms with van der Waals surface area (Å²) in [4.78, 5) is 27.9. The molecule has 0 aliphatic heterocycles. The number of aromatic hydroxyl groups is 1. The molecule has 0 bridgehead atoms. The number of hydrogen-bond donors (Lipinski definition) is 2. The van der Waals surface area contributed by atoms with E-state index in [2.05, 4.69) is 9.97 Å². The fraction of sp³-hybridized carbons (Fsp3) is 0. The second-order valence-electron chi connectivity index (χ2n) is 2.73. The van der Waals surface area contributed by atoms with E-state index in [4.69, 9.17) is 0 Å². The van der Waals surface area contributed by atoms with Gasteiger partial charge in [-0.25, -0.2) is 4.98 Å². The average Bonchev–Trinajstić information content (AvgIpc) is 2.18. The second-order valence-corrected chi connectivity index (χ2v) is 2.73. The van der Waals surface area contributed by atoms with Gasteiger partial charge in [0.05, 0.1) is 5.39 Å². The Morgan fingerprint density at radius 1 is 1.50 bits per heavy atom. The van der Waals surface area contributed by atoms with E-state index in [0.717, 1.165) is 0 Å². The Morgan fingerprint density at radius 3 is 3.00 bits per heavy atom. The van der Waals surface area contributed by atoms with Crippen molar-refractivity contribution in [1.82, 2.24) is 9.97 Å². The maximum Gasteiger partial charge on any atom is 0.263 e. The maximum atomic E-state index is 11.2. The zero-order valence-corrected chi connectivity index (χ0v) is 7.02. The summed E-state index contributed by atoms with van der Waals surface area (Å²) in [7, 11) is 0. The third kappa shape index (κ3) is 1.06. The lowest BCUT2D eigenvalue weighted by Crippen LogP contribution is -2.12. The molecule has 14 heavy (non-hydrogen) atoms. The normalized spacial score (nSPS) is 10.3. The SMILES string of the molecule is O=Cc1c(O)c2cccnc2[nH]c1=O. The van der Waals surface area contributed by atoms with Gasteiger partial charge >= 0.3 is 0 Å². The number of aromatic nitrogens is 2. The van der Waals surface area contributed by atoms with Gasteiger partial charge in [0.15, 0.2) is 6.29 Å². The largest absolute Gasteiger partial charge is 0.506 e. The number of aldehydes is 1. The molecule has 2 N–H and O–H groups in total. The predicted molar refractivity (Wildman–Crippen MR) is 49.4 cm³/mol. The van der Waals surface area contributed by atoms with Crippen LogP contribution in [-0.2, 0) is 0 Å². The van der Waals surface area contributed by atoms with E-state index in [1.807, 2.05) is 0 Å². The number of H-pyrrole nitrogens is 1. The summed E-state index contributed by atoms with van der Waals surface area (Å²) in [6.07, 6.45) is 1.80. The molecule has 0 atom stereocenters. The van der Waals surface area contributed by atoms with Gasteiger partial charge in [-0.15, -0.1) is 0 Å². The molecular weight excluding hydrogens is 184 g/mol. The van der Waals surface area contributed by atoms with Crippen LogP contribution in [0.5, 0.6) is 5.75 Å². The number of hydrogen-bond acceptors (Lipinski definition) is 4. The number of nitrogens with one attached hydrogen (secondary N) is 1. The van der Waals surface area contributed by atoms with Crippen molar-refractivity contribution in [3.05, 3.63) is 34.2 Å². The molecule has 2 aromatic rings. The summed E-state index contributed by atoms with van der Waals surface area (Å²) in [6.45, 7) is 0. The van der Waals surface area contributed by atoms with E-state index in [-0.39, 0.29) is 17.0 Å². The molecule has 0 saturated heterocycles. The average molecular weight is 190 g/mol. The molecule has 0 aliphatic rings. The van der Waals surface area contributed by atoms with Crippen LogP contribution >= 0.6 is 0 Å². The van der Waals surface area contributed by atoms with Crippen LogP contribution in [0.4, 0.5) is 0 Å². The summed E-state index contributed by atoms with van der Waals surface area (Å²) in [6, 6.07) is 3.18. The number of aromatic amines is 1. The molecule has 0 aromatic carbocycles. The summed E-state index contributed by atoms with van der Waals surface area (Å²) < 4.78 is 0. The van der Waals surface area contributed by atoms with Crippen LogP contribution in [0, 0.1) is 0 Å². The molecule has 0 amide bonds. The van der Waals surface area contributed by atoms with Gasteiger partial charge in [-0.2, -0.15) is 0 Å². The van der Waals surface area contributed by atoms with Crippen molar-refractivity contribution in [1.29, 1.82) is 0 Å². The van der Waals surface area contributed by atoms with Crippen LogP contribution in [-0.4, -0.2) is 21.4 Å². The lowest BCUT2D eigenvalue weighted by Gasteiger charge is -2.00. The number of fused-ring (bicyclic) bond motifs is 1. The van der Waals surface area contributed by atoms with E-state index in [9.17, 15) is 14.7 Å². The number of pyridine rings is 2. The van der Waals surface area contributed by atoms with Gasteiger partial charge in [0.1, 0.15) is 17.0 Å². The fourth-order valence-electron chi connectivity index (χ4n) is 1.23. The van der Waals surface area contributed by atoms with E-state index in [1.165, 1.54) is 6.20 Å². The zero-order chi connectivity index (χ0) is 10.1. The maximum absolute atomic E-state index is 11.2. The van der Waals surface area contributed by atoms with Crippen LogP contribution in [0.25, 0.3) is 11.0 Å². The molecule has 0 saturated carbocycles. The first-order chi connectivity index (χ1) is 6.74. The molecule has 0 radical (unpaired) electrons. The van der Waals surface area contributed by atoms with Crippen molar-refractivity contribution in [2.45, 2.75) is 0 Å². The van der Waals surface area contributed by atoms with Crippen molar-refractivity contribution in [2.24, 2.45) is 0 Å². The minimum Gasteiger partial charge on any atom is -0.506 e. The standard InChI is InChI=1S/C9H6N2O3/c12-4-6-7(13)5-2-1-3-10-8(5)11-9(6)14/h1-4H,(H2,10,11,13,14). The van der Waals surface area contributed by atoms with Crippen LogP contribution in [0.3, 0.4) is 0 Å². The smallest absolute Gasteiger partial charge is 0.263 e. The third-order valence-electron chi connectivity index (χ3n) is 1.91. The summed E-state index contributed by atoms with van der Waals surface area (Å²) in [5, 5.41) is 9.89. The minimum atomic E-state index is -0.635. The number of rotatable bonds is 1. The van der Waals surface area contributed by atoms with Crippen LogP contribution in [0.2, 0.25) is 0 Å². The lowest BCUT2D eigenvalue weighted by molar-refractivity contribution is 0.112. The minimum absolute atomic E-state index is 0.264. The van der Waals surface area contributed by atoms with Crippen LogP contribution in [0.1, 0.15) is 10.4 Å². The van der Waals surface area contributed by atoms with E-state index < -0.39 is 5.56 Å². The first-order valence-corrected chi connectivity index (χ1v) is 3.89. The molecule has 70 valence electrons. The Hall–Kier alpha value is -2.17. The highest BCUT2D eigenvalue weighted by atomic mass is 16.3. The molecule has 2 heterocycles. The molecule has 5 nitrogen and oxygen atoms in total. The molecule has 0 aliphatic carbocycles. The van der Waals surface area contributed by atoms with Gasteiger partial charge in [-0.1, -0.05) is 0 Å². The van der Waals surface area contributed by atoms with Gasteiger partial charge in [0.2, 0.25) is 0 Å². The Bertz CT molecular complexity index is 559. The van der Waals surface area contributed by atoms with Crippen molar-refractivity contribution in [2.75, 3.05) is 0 Å². The van der Waals surface area contributed by atoms with Crippen molar-refractivity contribution in [3.8, 4) is 5.75 Å². The van der Waals surface area contributed by atoms with Gasteiger partial charge in [-0.3, -0.25) is 9.59 Å². The molecule has 0 unspecified atom stereocenters. The van der Waals surface area contributed by atoms with E-state index >= 15 is 0 Å². The monoisotopic (exact) mass is 190 g/mol. The first kappa shape index (κ1) is 8.43. The van der Waals surface area contributed by atoms with Crippen molar-refractivity contribution < 1.29 is 9.90 Å². The summed E-state index contributed by atoms with van der Waals surface area (Å²) in [5.74, 6) is -0.327. The third-order valence-corrected chi connectivity index (χ3v) is 1.91. The Labute approximate surface area is 78.0 Å². The molecule has 0 fully saturated rings. The number of carbonyl (C=O) groups is 1. The highest BCUT2D eigenvalue weighted by Crippen LogP contribution is 2.21. The first-order valence-electron chi connectivity index (χ1n) is 3.89. The zero-order valence-electron chi connectivity index (χ0n) is 7.02. The fourth-order valence-corrected chi connectivity index (χ4v) is 1.23. The highest BCUT2D eigenvalue weighted by molar-refractivity contribution is 5.91. The Balaban J connectivity index is 3.00. The molecular formula is C9H6N2O3. The molecule has 2 rings (SSSR count). The van der Waals surface area contributed by atoms with E-state index in [0.29, 0.717) is 11.7 Å². The Morgan fingerprint density at radius 2 is 2.29 bits per heavy atom. The predicted octanol–water partition coefficient (Wildman–Crippen LogP) is 0.441. The van der Waals surface area contributed by atoms with Gasteiger partial charge in [-0.05, 0) is 12.1 Å². The second kappa shape index (κ2) is 2.95. The van der Waals surface area contributed by atoms with Crippen LogP contribution in [0.15, 0.2) is 23.1 Å². The summed E-state index contributed by atoms with van der Waals surface area (Å²) in [5.41, 5.74) is -0.644. The number of carbonyl (C=O) groups excluding carboxylic acids is 1. The van der Waals surface area contributed by atoms with Gasteiger partial charge in [0, 0.05) is 6.20 Å². The van der Waals surface area contributed by atoms with Gasteiger partial charge in [0.25, 0.3) is 5.56 Å². The molecule has 2 aromatic heterocycles. The van der Waals surface area contributed by atoms with Gasteiger partial charge < -0.3 is 10.1 Å². The van der Waals surface area contributed by atoms with Crippen LogP contribution < -0.4 is 5.56 Å². The molecule has 5 heteroatoms. The Kier molecular flexibility index (Phi) is 1.78. The topological polar surface area (TPSA) is 83.0 Å². The lowest BCUT2D eigenvalue weighted by atomic mass is 10.2. The number of nitrogens with zero attached hydrogens (tertiary/aromatic N) is 1. The quantitative estimate of drug-likeness (QED) is 0.639. The summed E-state index contributed by atoms with van der Waals surface area (Å²) >= 11 is 0. The highest BCUT2D eigenvalue weighted by Gasteiger charge is 2.10. The molecule has 0 spiro atoms. The van der Waals surface area contributed by atoms with E-state index in [1.54, 1.807) is 12.1 Å². The van der Waals surface area contributed by atoms with Crippen molar-refractivity contribution >= 4 is 17.3 Å². The van der Waals surface area contributed by atoms with Crippen molar-refractivity contribution in [3.63, 3.8) is 0 Å².